The maximum Gasteiger partial charge on any atom is 0.123 e. The van der Waals surface area contributed by atoms with E-state index in [9.17, 15) is 13.2 Å². The summed E-state index contributed by atoms with van der Waals surface area (Å²) in [7, 11) is 1.39. The zero-order valence-electron chi connectivity index (χ0n) is 6.36. The number of halogens is 1. The standard InChI is InChI=1S/C7H8FNO2S/c1-9(12(10)11)7-4-2-6(8)3-5-7/h2-5H,1H3,(H,10,11)/p-1. The summed E-state index contributed by atoms with van der Waals surface area (Å²) in [6.45, 7) is 0. The van der Waals surface area contributed by atoms with Crippen molar-refractivity contribution in [1.29, 1.82) is 0 Å². The van der Waals surface area contributed by atoms with Crippen LogP contribution in [-0.2, 0) is 11.3 Å². The maximum atomic E-state index is 12.4. The van der Waals surface area contributed by atoms with Crippen molar-refractivity contribution >= 4 is 17.0 Å². The smallest absolute Gasteiger partial charge is 0.123 e. The third kappa shape index (κ3) is 2.02. The molecular formula is C7H7FNO2S-. The minimum Gasteiger partial charge on any atom is -0.755 e. The Morgan fingerprint density at radius 2 is 1.92 bits per heavy atom. The summed E-state index contributed by atoms with van der Waals surface area (Å²) >= 11 is -2.31. The molecular weight excluding hydrogens is 181 g/mol. The summed E-state index contributed by atoms with van der Waals surface area (Å²) < 4.78 is 34.2. The molecule has 0 bridgehead atoms. The van der Waals surface area contributed by atoms with Crippen molar-refractivity contribution in [2.75, 3.05) is 11.4 Å². The van der Waals surface area contributed by atoms with E-state index in [4.69, 9.17) is 0 Å². The lowest BCUT2D eigenvalue weighted by Crippen LogP contribution is -2.19. The summed E-state index contributed by atoms with van der Waals surface area (Å²) in [5.74, 6) is -0.385. The lowest BCUT2D eigenvalue weighted by Gasteiger charge is -2.20. The monoisotopic (exact) mass is 188 g/mol. The Balaban J connectivity index is 2.89. The van der Waals surface area contributed by atoms with Crippen LogP contribution < -0.4 is 4.31 Å². The van der Waals surface area contributed by atoms with Gasteiger partial charge >= 0.3 is 0 Å². The maximum absolute atomic E-state index is 12.4. The van der Waals surface area contributed by atoms with E-state index in [0.717, 1.165) is 4.31 Å². The molecule has 0 spiro atoms. The number of hydrogen-bond acceptors (Lipinski definition) is 2. The van der Waals surface area contributed by atoms with Crippen molar-refractivity contribution in [3.8, 4) is 0 Å². The molecule has 0 aliphatic rings. The first kappa shape index (κ1) is 9.15. The van der Waals surface area contributed by atoms with Gasteiger partial charge in [-0.3, -0.25) is 4.21 Å². The molecule has 0 aliphatic carbocycles. The fourth-order valence-corrected chi connectivity index (χ4v) is 1.03. The van der Waals surface area contributed by atoms with Gasteiger partial charge in [0, 0.05) is 24.0 Å². The van der Waals surface area contributed by atoms with Crippen LogP contribution in [0.3, 0.4) is 0 Å². The van der Waals surface area contributed by atoms with Gasteiger partial charge in [0.2, 0.25) is 0 Å². The molecule has 12 heavy (non-hydrogen) atoms. The Bertz CT molecular complexity index is 288. The highest BCUT2D eigenvalue weighted by molar-refractivity contribution is 7.80. The number of nitrogens with zero attached hydrogens (tertiary/aromatic N) is 1. The predicted molar refractivity (Wildman–Crippen MR) is 43.7 cm³/mol. The van der Waals surface area contributed by atoms with E-state index in [-0.39, 0.29) is 5.82 Å². The normalized spacial score (nSPS) is 12.6. The molecule has 1 rings (SSSR count). The average Bonchev–Trinajstić information content (AvgIpc) is 2.04. The zero-order valence-corrected chi connectivity index (χ0v) is 7.18. The van der Waals surface area contributed by atoms with Crippen LogP contribution in [-0.4, -0.2) is 15.8 Å². The second-order valence-corrected chi connectivity index (χ2v) is 3.17. The minimum atomic E-state index is -2.31. The number of benzene rings is 1. The van der Waals surface area contributed by atoms with E-state index in [1.165, 1.54) is 31.3 Å². The number of hydrogen-bond donors (Lipinski definition) is 0. The molecule has 1 atom stereocenters. The zero-order chi connectivity index (χ0) is 9.14. The fraction of sp³-hybridized carbons (Fsp3) is 0.143. The van der Waals surface area contributed by atoms with E-state index in [2.05, 4.69) is 0 Å². The predicted octanol–water partition coefficient (Wildman–Crippen LogP) is 1.06. The molecule has 0 aromatic heterocycles. The Kier molecular flexibility index (Phi) is 2.78. The second kappa shape index (κ2) is 3.64. The van der Waals surface area contributed by atoms with Gasteiger partial charge in [0.05, 0.1) is 0 Å². The molecule has 0 saturated heterocycles. The van der Waals surface area contributed by atoms with Crippen LogP contribution in [0, 0.1) is 5.82 Å². The van der Waals surface area contributed by atoms with E-state index < -0.39 is 11.3 Å². The first-order valence-corrected chi connectivity index (χ1v) is 4.23. The highest BCUT2D eigenvalue weighted by Crippen LogP contribution is 2.13. The molecule has 0 heterocycles. The van der Waals surface area contributed by atoms with Gasteiger partial charge in [0.15, 0.2) is 0 Å². The van der Waals surface area contributed by atoms with Crippen LogP contribution in [0.4, 0.5) is 10.1 Å². The molecule has 0 radical (unpaired) electrons. The van der Waals surface area contributed by atoms with Gasteiger partial charge in [0.1, 0.15) is 5.82 Å². The lowest BCUT2D eigenvalue weighted by atomic mass is 10.3. The Morgan fingerprint density at radius 3 is 2.33 bits per heavy atom. The molecule has 0 fully saturated rings. The summed E-state index contributed by atoms with van der Waals surface area (Å²) in [4.78, 5) is 0. The average molecular weight is 188 g/mol. The van der Waals surface area contributed by atoms with Crippen LogP contribution in [0.5, 0.6) is 0 Å². The van der Waals surface area contributed by atoms with Gasteiger partial charge in [-0.05, 0) is 24.3 Å². The third-order valence-corrected chi connectivity index (χ3v) is 2.07. The van der Waals surface area contributed by atoms with E-state index in [1.807, 2.05) is 0 Å². The van der Waals surface area contributed by atoms with Crippen LogP contribution in [0.25, 0.3) is 0 Å². The van der Waals surface area contributed by atoms with Crippen LogP contribution >= 0.6 is 0 Å². The van der Waals surface area contributed by atoms with Gasteiger partial charge in [-0.15, -0.1) is 0 Å². The topological polar surface area (TPSA) is 43.4 Å². The number of anilines is 1. The van der Waals surface area contributed by atoms with Gasteiger partial charge in [0.25, 0.3) is 0 Å². The molecule has 0 saturated carbocycles. The van der Waals surface area contributed by atoms with Gasteiger partial charge in [-0.1, -0.05) is 0 Å². The first-order chi connectivity index (χ1) is 5.61. The van der Waals surface area contributed by atoms with Crippen LogP contribution in [0.15, 0.2) is 24.3 Å². The molecule has 0 N–H and O–H groups in total. The second-order valence-electron chi connectivity index (χ2n) is 2.19. The van der Waals surface area contributed by atoms with Crippen molar-refractivity contribution in [3.63, 3.8) is 0 Å². The molecule has 1 aromatic rings. The Labute approximate surface area is 72.2 Å². The van der Waals surface area contributed by atoms with Gasteiger partial charge in [-0.25, -0.2) is 4.39 Å². The minimum absolute atomic E-state index is 0.385. The van der Waals surface area contributed by atoms with E-state index in [0.29, 0.717) is 5.69 Å². The molecule has 5 heteroatoms. The molecule has 0 aliphatic heterocycles. The Hall–Kier alpha value is -0.940. The van der Waals surface area contributed by atoms with Crippen molar-refractivity contribution in [1.82, 2.24) is 0 Å². The lowest BCUT2D eigenvalue weighted by molar-refractivity contribution is 0.535. The SMILES string of the molecule is CN(c1ccc(F)cc1)S(=O)[O-]. The Morgan fingerprint density at radius 1 is 1.42 bits per heavy atom. The highest BCUT2D eigenvalue weighted by Gasteiger charge is 1.99. The highest BCUT2D eigenvalue weighted by atomic mass is 32.2. The fourth-order valence-electron chi connectivity index (χ4n) is 0.737. The van der Waals surface area contributed by atoms with Crippen molar-refractivity contribution in [3.05, 3.63) is 30.1 Å². The van der Waals surface area contributed by atoms with Crippen molar-refractivity contribution < 1.29 is 13.2 Å². The summed E-state index contributed by atoms with van der Waals surface area (Å²) in [5, 5.41) is 0. The molecule has 66 valence electrons. The van der Waals surface area contributed by atoms with Gasteiger partial charge < -0.3 is 8.86 Å². The summed E-state index contributed by atoms with van der Waals surface area (Å²) in [5.41, 5.74) is 0.435. The van der Waals surface area contributed by atoms with Gasteiger partial charge in [-0.2, -0.15) is 0 Å². The largest absolute Gasteiger partial charge is 0.755 e. The third-order valence-electron chi connectivity index (χ3n) is 1.41. The molecule has 1 unspecified atom stereocenters. The summed E-state index contributed by atoms with van der Waals surface area (Å²) in [6.07, 6.45) is 0. The first-order valence-electron chi connectivity index (χ1n) is 3.20. The van der Waals surface area contributed by atoms with Crippen molar-refractivity contribution in [2.24, 2.45) is 0 Å². The quantitative estimate of drug-likeness (QED) is 0.651. The van der Waals surface area contributed by atoms with E-state index in [1.54, 1.807) is 0 Å². The van der Waals surface area contributed by atoms with Crippen LogP contribution in [0.1, 0.15) is 0 Å². The number of rotatable bonds is 2. The summed E-state index contributed by atoms with van der Waals surface area (Å²) in [6, 6.07) is 5.20. The molecule has 0 amide bonds. The van der Waals surface area contributed by atoms with Crippen LogP contribution in [0.2, 0.25) is 0 Å². The molecule has 3 nitrogen and oxygen atoms in total. The molecule has 1 aromatic carbocycles. The van der Waals surface area contributed by atoms with Crippen molar-refractivity contribution in [2.45, 2.75) is 0 Å². The van der Waals surface area contributed by atoms with E-state index >= 15 is 0 Å².